The van der Waals surface area contributed by atoms with Crippen LogP contribution < -0.4 is 9.75 Å². The van der Waals surface area contributed by atoms with Gasteiger partial charge in [-0.25, -0.2) is 18.4 Å². The Morgan fingerprint density at radius 1 is 1.00 bits per heavy atom. The molecule has 37 heavy (non-hydrogen) atoms. The number of rotatable bonds is 7. The molecule has 0 aliphatic carbocycles. The summed E-state index contributed by atoms with van der Waals surface area (Å²) >= 11 is 1.50. The number of hydrazone groups is 1. The third-order valence-corrected chi connectivity index (χ3v) is 9.49. The van der Waals surface area contributed by atoms with E-state index < -0.39 is 10.0 Å². The Morgan fingerprint density at radius 3 is 2.41 bits per heavy atom. The van der Waals surface area contributed by atoms with Crippen LogP contribution in [0.2, 0.25) is 0 Å². The van der Waals surface area contributed by atoms with Crippen molar-refractivity contribution in [3.05, 3.63) is 83.6 Å². The molecule has 2 aliphatic rings. The topological polar surface area (TPSA) is 88.2 Å². The van der Waals surface area contributed by atoms with E-state index in [0.717, 1.165) is 52.0 Å². The van der Waals surface area contributed by atoms with Crippen molar-refractivity contribution in [2.75, 3.05) is 25.2 Å². The number of hydrogen-bond donors (Lipinski definition) is 0. The number of sulfonamides is 1. The summed E-state index contributed by atoms with van der Waals surface area (Å²) in [7, 11) is -1.79. The van der Waals surface area contributed by atoms with E-state index in [1.165, 1.54) is 11.3 Å². The van der Waals surface area contributed by atoms with E-state index >= 15 is 0 Å². The van der Waals surface area contributed by atoms with Gasteiger partial charge in [-0.3, -0.25) is 0 Å². The predicted octanol–water partition coefficient (Wildman–Crippen LogP) is 5.55. The van der Waals surface area contributed by atoms with Crippen LogP contribution in [0.1, 0.15) is 36.6 Å². The first-order valence-corrected chi connectivity index (χ1v) is 14.5. The smallest absolute Gasteiger partial charge is 0.243 e. The van der Waals surface area contributed by atoms with Crippen molar-refractivity contribution in [3.8, 4) is 17.0 Å². The number of nitrogens with zero attached hydrogens (tertiary/aromatic N) is 4. The number of anilines is 1. The van der Waals surface area contributed by atoms with Gasteiger partial charge in [0, 0.05) is 30.5 Å². The monoisotopic (exact) mass is 534 g/mol. The van der Waals surface area contributed by atoms with Gasteiger partial charge in [-0.05, 0) is 66.9 Å². The van der Waals surface area contributed by atoms with Crippen LogP contribution in [0.15, 0.2) is 86.7 Å². The number of thiazole rings is 1. The lowest BCUT2D eigenvalue weighted by atomic mass is 10.0. The summed E-state index contributed by atoms with van der Waals surface area (Å²) in [5.74, 6) is 1.62. The predicted molar refractivity (Wildman–Crippen MR) is 144 cm³/mol. The number of furan rings is 1. The summed E-state index contributed by atoms with van der Waals surface area (Å²) in [6.45, 7) is 1.18. The van der Waals surface area contributed by atoms with Gasteiger partial charge < -0.3 is 9.15 Å². The molecule has 1 saturated heterocycles. The average molecular weight is 535 g/mol. The zero-order valence-electron chi connectivity index (χ0n) is 20.3. The summed E-state index contributed by atoms with van der Waals surface area (Å²) in [6, 6.07) is 18.6. The highest BCUT2D eigenvalue weighted by Crippen LogP contribution is 2.39. The van der Waals surface area contributed by atoms with E-state index in [0.29, 0.717) is 24.4 Å². The lowest BCUT2D eigenvalue weighted by Gasteiger charge is -2.18. The van der Waals surface area contributed by atoms with Gasteiger partial charge in [0.05, 0.1) is 29.7 Å². The second-order valence-corrected chi connectivity index (χ2v) is 11.8. The SMILES string of the molecule is COc1ccc(C2=NN(c3nc(-c4ccc(S(=O)(=O)N5CCCC5)cc4)cs3)[C@H](c3ccco3)C2)cc1. The molecule has 4 aromatic rings. The first kappa shape index (κ1) is 23.9. The summed E-state index contributed by atoms with van der Waals surface area (Å²) < 4.78 is 38.3. The summed E-state index contributed by atoms with van der Waals surface area (Å²) in [6.07, 6.45) is 4.18. The van der Waals surface area contributed by atoms with E-state index in [1.807, 2.05) is 58.9 Å². The van der Waals surface area contributed by atoms with Crippen molar-refractivity contribution in [2.24, 2.45) is 5.10 Å². The maximum atomic E-state index is 12.9. The van der Waals surface area contributed by atoms with Crippen molar-refractivity contribution in [2.45, 2.75) is 30.2 Å². The van der Waals surface area contributed by atoms with Gasteiger partial charge in [-0.2, -0.15) is 9.41 Å². The fourth-order valence-corrected chi connectivity index (χ4v) is 7.07. The molecule has 2 aliphatic heterocycles. The molecular formula is C27H26N4O4S2. The van der Waals surface area contributed by atoms with Crippen LogP contribution in [-0.4, -0.2) is 43.6 Å². The lowest BCUT2D eigenvalue weighted by molar-refractivity contribution is 0.415. The Balaban J connectivity index is 1.28. The maximum absolute atomic E-state index is 12.9. The fourth-order valence-electron chi connectivity index (χ4n) is 4.72. The summed E-state index contributed by atoms with van der Waals surface area (Å²) in [4.78, 5) is 5.18. The first-order valence-electron chi connectivity index (χ1n) is 12.1. The number of aromatic nitrogens is 1. The van der Waals surface area contributed by atoms with Crippen molar-refractivity contribution >= 4 is 32.2 Å². The summed E-state index contributed by atoms with van der Waals surface area (Å²) in [5.41, 5.74) is 3.59. The normalized spacial score (nSPS) is 18.4. The van der Waals surface area contributed by atoms with E-state index in [-0.39, 0.29) is 6.04 Å². The maximum Gasteiger partial charge on any atom is 0.243 e. The van der Waals surface area contributed by atoms with Gasteiger partial charge in [-0.15, -0.1) is 11.3 Å². The van der Waals surface area contributed by atoms with Gasteiger partial charge >= 0.3 is 0 Å². The van der Waals surface area contributed by atoms with Crippen LogP contribution in [-0.2, 0) is 10.0 Å². The van der Waals surface area contributed by atoms with Gasteiger partial charge in [0.2, 0.25) is 15.2 Å². The molecule has 0 amide bonds. The zero-order chi connectivity index (χ0) is 25.4. The molecule has 1 atom stereocenters. The van der Waals surface area contributed by atoms with Gasteiger partial charge in [-0.1, -0.05) is 12.1 Å². The highest BCUT2D eigenvalue weighted by atomic mass is 32.2. The van der Waals surface area contributed by atoms with E-state index in [4.69, 9.17) is 19.2 Å². The minimum atomic E-state index is -3.44. The van der Waals surface area contributed by atoms with Crippen molar-refractivity contribution in [1.29, 1.82) is 0 Å². The average Bonchev–Trinajstić information content (AvgIpc) is 3.75. The molecule has 0 radical (unpaired) electrons. The van der Waals surface area contributed by atoms with Crippen molar-refractivity contribution < 1.29 is 17.6 Å². The second-order valence-electron chi connectivity index (χ2n) is 9.01. The molecule has 0 spiro atoms. The van der Waals surface area contributed by atoms with Crippen LogP contribution in [0, 0.1) is 0 Å². The van der Waals surface area contributed by atoms with Gasteiger partial charge in [0.25, 0.3) is 0 Å². The van der Waals surface area contributed by atoms with Gasteiger partial charge in [0.15, 0.2) is 0 Å². The number of ether oxygens (including phenoxy) is 1. The molecule has 0 saturated carbocycles. The Hall–Kier alpha value is -3.47. The molecule has 8 nitrogen and oxygen atoms in total. The quantitative estimate of drug-likeness (QED) is 0.309. The van der Waals surface area contributed by atoms with E-state index in [2.05, 4.69) is 0 Å². The molecule has 1 fully saturated rings. The molecule has 2 aromatic carbocycles. The van der Waals surface area contributed by atoms with Crippen molar-refractivity contribution in [3.63, 3.8) is 0 Å². The van der Waals surface area contributed by atoms with Crippen LogP contribution in [0.3, 0.4) is 0 Å². The van der Waals surface area contributed by atoms with Crippen LogP contribution in [0.4, 0.5) is 5.13 Å². The molecular weight excluding hydrogens is 508 g/mol. The highest BCUT2D eigenvalue weighted by molar-refractivity contribution is 7.89. The Bertz CT molecular complexity index is 1510. The largest absolute Gasteiger partial charge is 0.497 e. The molecule has 190 valence electrons. The standard InChI is InChI=1S/C27H26N4O4S2/c1-34-21-10-6-19(7-11-21)23-17-25(26-5-4-16-35-26)31(29-23)27-28-24(18-36-27)20-8-12-22(13-9-20)37(32,33)30-14-2-3-15-30/h4-13,16,18,25H,2-3,14-15,17H2,1H3/t25-/m0/s1. The molecule has 4 heterocycles. The van der Waals surface area contributed by atoms with Gasteiger partial charge in [0.1, 0.15) is 17.6 Å². The summed E-state index contributed by atoms with van der Waals surface area (Å²) in [5, 5.41) is 9.56. The van der Waals surface area contributed by atoms with Crippen LogP contribution >= 0.6 is 11.3 Å². The Kier molecular flexibility index (Phi) is 6.31. The van der Waals surface area contributed by atoms with Crippen LogP contribution in [0.25, 0.3) is 11.3 Å². The zero-order valence-corrected chi connectivity index (χ0v) is 21.9. The van der Waals surface area contributed by atoms with E-state index in [1.54, 1.807) is 29.8 Å². The third kappa shape index (κ3) is 4.56. The molecule has 2 aromatic heterocycles. The number of hydrogen-bond acceptors (Lipinski definition) is 8. The molecule has 6 rings (SSSR count). The molecule has 0 bridgehead atoms. The number of benzene rings is 2. The minimum Gasteiger partial charge on any atom is -0.497 e. The van der Waals surface area contributed by atoms with E-state index in [9.17, 15) is 8.42 Å². The fraction of sp³-hybridized carbons (Fsp3) is 0.259. The minimum absolute atomic E-state index is 0.112. The third-order valence-electron chi connectivity index (χ3n) is 6.75. The second kappa shape index (κ2) is 9.77. The van der Waals surface area contributed by atoms with Crippen molar-refractivity contribution in [1.82, 2.24) is 9.29 Å². The Morgan fingerprint density at radius 2 is 1.73 bits per heavy atom. The molecule has 10 heteroatoms. The molecule has 0 unspecified atom stereocenters. The first-order chi connectivity index (χ1) is 18.0. The highest BCUT2D eigenvalue weighted by Gasteiger charge is 2.33. The Labute approximate surface area is 219 Å². The number of methoxy groups -OCH3 is 1. The molecule has 0 N–H and O–H groups in total. The van der Waals surface area contributed by atoms with Crippen LogP contribution in [0.5, 0.6) is 5.75 Å². The lowest BCUT2D eigenvalue weighted by Crippen LogP contribution is -2.27.